The zero-order chi connectivity index (χ0) is 11.9. The number of alkyl halides is 1. The maximum absolute atomic E-state index is 11.6. The second kappa shape index (κ2) is 6.68. The minimum atomic E-state index is -3.30. The molecule has 6 heteroatoms. The minimum Gasteiger partial charge on any atom is -0.384 e. The Balaban J connectivity index is 4.52. The molecule has 0 saturated carbocycles. The summed E-state index contributed by atoms with van der Waals surface area (Å²) >= 11 is 5.81. The topological polar surface area (TPSA) is 55.4 Å². The van der Waals surface area contributed by atoms with Gasteiger partial charge in [-0.1, -0.05) is 13.8 Å². The van der Waals surface area contributed by atoms with Gasteiger partial charge in [-0.05, 0) is 12.8 Å². The van der Waals surface area contributed by atoms with Gasteiger partial charge in [-0.25, -0.2) is 13.1 Å². The van der Waals surface area contributed by atoms with E-state index < -0.39 is 15.6 Å². The fourth-order valence-corrected chi connectivity index (χ4v) is 3.22. The van der Waals surface area contributed by atoms with Gasteiger partial charge >= 0.3 is 0 Å². The number of ether oxygens (including phenoxy) is 1. The lowest BCUT2D eigenvalue weighted by Crippen LogP contribution is -2.50. The van der Waals surface area contributed by atoms with Crippen molar-refractivity contribution in [2.45, 2.75) is 32.2 Å². The molecule has 0 bridgehead atoms. The van der Waals surface area contributed by atoms with E-state index in [1.54, 1.807) is 0 Å². The molecular formula is C9H20ClNO3S. The molecule has 0 spiro atoms. The summed E-state index contributed by atoms with van der Waals surface area (Å²) in [4.78, 5) is 0. The molecule has 0 aromatic rings. The first kappa shape index (κ1) is 15.2. The van der Waals surface area contributed by atoms with Gasteiger partial charge in [0.1, 0.15) is 0 Å². The summed E-state index contributed by atoms with van der Waals surface area (Å²) < 4.78 is 30.7. The molecule has 4 nitrogen and oxygen atoms in total. The van der Waals surface area contributed by atoms with E-state index in [1.807, 2.05) is 13.8 Å². The average Bonchev–Trinajstić information content (AvgIpc) is 2.23. The molecule has 0 aliphatic heterocycles. The van der Waals surface area contributed by atoms with Crippen LogP contribution in [0.25, 0.3) is 0 Å². The van der Waals surface area contributed by atoms with Gasteiger partial charge in [-0.3, -0.25) is 0 Å². The van der Waals surface area contributed by atoms with Crippen LogP contribution < -0.4 is 4.72 Å². The van der Waals surface area contributed by atoms with E-state index in [4.69, 9.17) is 16.3 Å². The number of sulfonamides is 1. The van der Waals surface area contributed by atoms with Crippen molar-refractivity contribution in [1.82, 2.24) is 4.72 Å². The van der Waals surface area contributed by atoms with Gasteiger partial charge < -0.3 is 4.74 Å². The summed E-state index contributed by atoms with van der Waals surface area (Å²) in [5.74, 6) is 0.258. The zero-order valence-electron chi connectivity index (χ0n) is 9.55. The molecule has 0 heterocycles. The Morgan fingerprint density at radius 3 is 2.20 bits per heavy atom. The maximum Gasteiger partial charge on any atom is 0.214 e. The molecule has 0 unspecified atom stereocenters. The molecule has 92 valence electrons. The van der Waals surface area contributed by atoms with Gasteiger partial charge in [0.05, 0.1) is 12.4 Å². The summed E-state index contributed by atoms with van der Waals surface area (Å²) in [6.45, 7) is 4.04. The van der Waals surface area contributed by atoms with Crippen molar-refractivity contribution < 1.29 is 13.2 Å². The zero-order valence-corrected chi connectivity index (χ0v) is 11.1. The van der Waals surface area contributed by atoms with Crippen molar-refractivity contribution in [3.63, 3.8) is 0 Å². The largest absolute Gasteiger partial charge is 0.384 e. The van der Waals surface area contributed by atoms with Gasteiger partial charge in [0, 0.05) is 18.5 Å². The summed E-state index contributed by atoms with van der Waals surface area (Å²) in [5.41, 5.74) is -0.520. The van der Waals surface area contributed by atoms with Gasteiger partial charge in [0.25, 0.3) is 0 Å². The lowest BCUT2D eigenvalue weighted by atomic mass is 9.97. The Kier molecular flexibility index (Phi) is 6.75. The third-order valence-corrected chi connectivity index (χ3v) is 4.50. The Hall–Kier alpha value is 0.160. The molecule has 0 fully saturated rings. The normalized spacial score (nSPS) is 13.1. The van der Waals surface area contributed by atoms with Gasteiger partial charge in [-0.2, -0.15) is 0 Å². The van der Waals surface area contributed by atoms with E-state index in [9.17, 15) is 8.42 Å². The van der Waals surface area contributed by atoms with Crippen LogP contribution in [-0.4, -0.2) is 39.3 Å². The van der Waals surface area contributed by atoms with Gasteiger partial charge in [0.2, 0.25) is 10.0 Å². The van der Waals surface area contributed by atoms with Crippen molar-refractivity contribution in [2.24, 2.45) is 0 Å². The SMILES string of the molecule is CCC(CC)(CCl)NS(=O)(=O)CCOC. The summed E-state index contributed by atoms with van der Waals surface area (Å²) in [6.07, 6.45) is 1.36. The van der Waals surface area contributed by atoms with Crippen molar-refractivity contribution in [3.8, 4) is 0 Å². The number of methoxy groups -OCH3 is 1. The second-order valence-electron chi connectivity index (χ2n) is 3.53. The lowest BCUT2D eigenvalue weighted by Gasteiger charge is -2.30. The highest BCUT2D eigenvalue weighted by Crippen LogP contribution is 2.18. The Labute approximate surface area is 97.4 Å². The molecule has 0 radical (unpaired) electrons. The van der Waals surface area contributed by atoms with Crippen LogP contribution in [0.5, 0.6) is 0 Å². The van der Waals surface area contributed by atoms with Crippen LogP contribution in [0.2, 0.25) is 0 Å². The van der Waals surface area contributed by atoms with Crippen molar-refractivity contribution in [2.75, 3.05) is 25.3 Å². The molecule has 0 aliphatic carbocycles. The highest BCUT2D eigenvalue weighted by molar-refractivity contribution is 7.89. The number of hydrogen-bond acceptors (Lipinski definition) is 3. The van der Waals surface area contributed by atoms with E-state index in [2.05, 4.69) is 4.72 Å². The summed E-state index contributed by atoms with van der Waals surface area (Å²) in [6, 6.07) is 0. The van der Waals surface area contributed by atoms with E-state index in [0.29, 0.717) is 12.8 Å². The second-order valence-corrected chi connectivity index (χ2v) is 5.64. The quantitative estimate of drug-likeness (QED) is 0.668. The molecule has 1 N–H and O–H groups in total. The van der Waals surface area contributed by atoms with Crippen molar-refractivity contribution >= 4 is 21.6 Å². The molecular weight excluding hydrogens is 238 g/mol. The number of hydrogen-bond donors (Lipinski definition) is 1. The fraction of sp³-hybridized carbons (Fsp3) is 1.00. The van der Waals surface area contributed by atoms with Crippen LogP contribution in [0, 0.1) is 0 Å². The van der Waals surface area contributed by atoms with Crippen molar-refractivity contribution in [3.05, 3.63) is 0 Å². The molecule has 0 aromatic heterocycles. The predicted octanol–water partition coefficient (Wildman–Crippen LogP) is 1.35. The van der Waals surface area contributed by atoms with Crippen LogP contribution in [-0.2, 0) is 14.8 Å². The third-order valence-electron chi connectivity index (χ3n) is 2.54. The molecule has 0 aromatic carbocycles. The Morgan fingerprint density at radius 2 is 1.87 bits per heavy atom. The van der Waals surface area contributed by atoms with Crippen LogP contribution in [0.1, 0.15) is 26.7 Å². The smallest absolute Gasteiger partial charge is 0.214 e. The van der Waals surface area contributed by atoms with E-state index >= 15 is 0 Å². The third kappa shape index (κ3) is 5.15. The summed E-state index contributed by atoms with van der Waals surface area (Å²) in [5, 5.41) is 0. The van der Waals surface area contributed by atoms with E-state index in [-0.39, 0.29) is 18.2 Å². The monoisotopic (exact) mass is 257 g/mol. The molecule has 0 amide bonds. The standard InChI is InChI=1S/C9H20ClNO3S/c1-4-9(5-2,8-10)11-15(12,13)7-6-14-3/h11H,4-8H2,1-3H3. The predicted molar refractivity (Wildman–Crippen MR) is 62.8 cm³/mol. The Bertz CT molecular complexity index is 254. The van der Waals surface area contributed by atoms with Crippen molar-refractivity contribution in [1.29, 1.82) is 0 Å². The highest BCUT2D eigenvalue weighted by atomic mass is 35.5. The molecule has 0 aliphatic rings. The molecule has 0 atom stereocenters. The number of nitrogens with one attached hydrogen (secondary N) is 1. The minimum absolute atomic E-state index is 0.0257. The summed E-state index contributed by atoms with van der Waals surface area (Å²) in [7, 11) is -1.82. The van der Waals surface area contributed by atoms with Crippen LogP contribution >= 0.6 is 11.6 Å². The van der Waals surface area contributed by atoms with Gasteiger partial charge in [0.15, 0.2) is 0 Å². The molecule has 0 saturated heterocycles. The number of rotatable bonds is 8. The first-order chi connectivity index (χ1) is 6.95. The first-order valence-corrected chi connectivity index (χ1v) is 7.20. The van der Waals surface area contributed by atoms with Crippen LogP contribution in [0.4, 0.5) is 0 Å². The van der Waals surface area contributed by atoms with E-state index in [1.165, 1.54) is 7.11 Å². The highest BCUT2D eigenvalue weighted by Gasteiger charge is 2.29. The van der Waals surface area contributed by atoms with Gasteiger partial charge in [-0.15, -0.1) is 11.6 Å². The molecule has 15 heavy (non-hydrogen) atoms. The van der Waals surface area contributed by atoms with E-state index in [0.717, 1.165) is 0 Å². The molecule has 0 rings (SSSR count). The maximum atomic E-state index is 11.6. The average molecular weight is 258 g/mol. The fourth-order valence-electron chi connectivity index (χ4n) is 1.18. The first-order valence-electron chi connectivity index (χ1n) is 5.02. The van der Waals surface area contributed by atoms with Crippen LogP contribution in [0.15, 0.2) is 0 Å². The number of halogens is 1. The Morgan fingerprint density at radius 1 is 1.33 bits per heavy atom. The van der Waals surface area contributed by atoms with Crippen LogP contribution in [0.3, 0.4) is 0 Å². The lowest BCUT2D eigenvalue weighted by molar-refractivity contribution is 0.216.